The zero-order chi connectivity index (χ0) is 12.6. The molecule has 0 saturated heterocycles. The number of carboxylic acids is 1. The van der Waals surface area contributed by atoms with Gasteiger partial charge in [0, 0.05) is 0 Å². The molecule has 0 aliphatic heterocycles. The van der Waals surface area contributed by atoms with E-state index >= 15 is 0 Å². The number of carbonyl (C=O) groups is 1. The molecule has 1 rings (SSSR count). The fourth-order valence-electron chi connectivity index (χ4n) is 0.704. The first kappa shape index (κ1) is 12.3. The second-order valence-electron chi connectivity index (χ2n) is 2.70. The number of halogens is 5. The van der Waals surface area contributed by atoms with E-state index in [1.807, 2.05) is 0 Å². The van der Waals surface area contributed by atoms with Crippen LogP contribution in [0.15, 0.2) is 4.52 Å². The smallest absolute Gasteiger partial charge is 0.453 e. The fourth-order valence-corrected chi connectivity index (χ4v) is 0.704. The minimum absolute atomic E-state index is 0.979. The highest BCUT2D eigenvalue weighted by molar-refractivity contribution is 5.82. The Morgan fingerprint density at radius 2 is 1.88 bits per heavy atom. The summed E-state index contributed by atoms with van der Waals surface area (Å²) in [4.78, 5) is 13.0. The molecule has 0 fully saturated rings. The molecule has 0 aliphatic carbocycles. The van der Waals surface area contributed by atoms with Gasteiger partial charge < -0.3 is 9.63 Å². The van der Waals surface area contributed by atoms with E-state index < -0.39 is 36.2 Å². The monoisotopic (exact) mass is 246 g/mol. The summed E-state index contributed by atoms with van der Waals surface area (Å²) in [6, 6.07) is 0. The molecule has 1 aromatic heterocycles. The van der Waals surface area contributed by atoms with Crippen LogP contribution in [0.2, 0.25) is 0 Å². The third kappa shape index (κ3) is 2.44. The lowest BCUT2D eigenvalue weighted by molar-refractivity contribution is -0.282. The van der Waals surface area contributed by atoms with Crippen molar-refractivity contribution in [3.05, 3.63) is 11.7 Å². The van der Waals surface area contributed by atoms with Gasteiger partial charge in [-0.1, -0.05) is 0 Å². The second-order valence-corrected chi connectivity index (χ2v) is 2.70. The van der Waals surface area contributed by atoms with Crippen LogP contribution in [0, 0.1) is 0 Å². The van der Waals surface area contributed by atoms with E-state index in [-0.39, 0.29) is 0 Å². The largest absolute Gasteiger partial charge is 0.475 e. The second kappa shape index (κ2) is 3.68. The quantitative estimate of drug-likeness (QED) is 0.818. The first-order chi connectivity index (χ1) is 7.13. The molecule has 0 saturated carbocycles. The first-order valence-corrected chi connectivity index (χ1v) is 3.64. The van der Waals surface area contributed by atoms with E-state index in [9.17, 15) is 26.7 Å². The van der Waals surface area contributed by atoms with Gasteiger partial charge in [0.05, 0.1) is 0 Å². The Balaban J connectivity index is 2.85. The molecule has 1 aromatic rings. The van der Waals surface area contributed by atoms with Crippen LogP contribution in [0.4, 0.5) is 22.0 Å². The molecule has 0 unspecified atom stereocenters. The molecular formula is C6H3F5N2O3. The van der Waals surface area contributed by atoms with Crippen molar-refractivity contribution >= 4 is 5.97 Å². The number of aromatic carboxylic acids is 1. The van der Waals surface area contributed by atoms with Crippen molar-refractivity contribution in [3.8, 4) is 0 Å². The molecule has 10 heteroatoms. The molecule has 1 N–H and O–H groups in total. The maximum atomic E-state index is 12.4. The summed E-state index contributed by atoms with van der Waals surface area (Å²) in [6.45, 7) is 0. The molecule has 16 heavy (non-hydrogen) atoms. The SMILES string of the molecule is O=C(O)c1noc(CC(F)(F)C(F)(F)F)n1. The summed E-state index contributed by atoms with van der Waals surface area (Å²) < 4.78 is 64.0. The van der Waals surface area contributed by atoms with Crippen molar-refractivity contribution in [1.82, 2.24) is 10.1 Å². The molecule has 0 aliphatic rings. The van der Waals surface area contributed by atoms with Gasteiger partial charge in [0.2, 0.25) is 5.89 Å². The van der Waals surface area contributed by atoms with Gasteiger partial charge in [0.25, 0.3) is 5.82 Å². The predicted octanol–water partition coefficient (Wildman–Crippen LogP) is 1.51. The first-order valence-electron chi connectivity index (χ1n) is 3.64. The van der Waals surface area contributed by atoms with Gasteiger partial charge in [-0.15, -0.1) is 0 Å². The van der Waals surface area contributed by atoms with E-state index in [1.54, 1.807) is 0 Å². The van der Waals surface area contributed by atoms with Crippen LogP contribution in [-0.4, -0.2) is 33.3 Å². The average molecular weight is 246 g/mol. The molecule has 0 spiro atoms. The molecule has 90 valence electrons. The van der Waals surface area contributed by atoms with Crippen molar-refractivity contribution in [3.63, 3.8) is 0 Å². The van der Waals surface area contributed by atoms with Gasteiger partial charge in [0.1, 0.15) is 6.42 Å². The van der Waals surface area contributed by atoms with Gasteiger partial charge in [-0.25, -0.2) is 4.79 Å². The lowest BCUT2D eigenvalue weighted by atomic mass is 10.2. The van der Waals surface area contributed by atoms with E-state index in [0.717, 1.165) is 0 Å². The summed E-state index contributed by atoms with van der Waals surface area (Å²) in [5, 5.41) is 11.0. The van der Waals surface area contributed by atoms with Crippen LogP contribution in [-0.2, 0) is 6.42 Å². The zero-order valence-corrected chi connectivity index (χ0v) is 7.26. The molecule has 0 bridgehead atoms. The number of carboxylic acid groups (broad SMARTS) is 1. The predicted molar refractivity (Wildman–Crippen MR) is 36.0 cm³/mol. The number of hydrogen-bond acceptors (Lipinski definition) is 4. The van der Waals surface area contributed by atoms with Crippen LogP contribution in [0.3, 0.4) is 0 Å². The maximum absolute atomic E-state index is 12.4. The summed E-state index contributed by atoms with van der Waals surface area (Å²) in [6.07, 6.45) is -7.65. The highest BCUT2D eigenvalue weighted by atomic mass is 19.4. The Morgan fingerprint density at radius 1 is 1.31 bits per heavy atom. The normalized spacial score (nSPS) is 12.8. The fraction of sp³-hybridized carbons (Fsp3) is 0.500. The van der Waals surface area contributed by atoms with Crippen molar-refractivity contribution in [2.45, 2.75) is 18.5 Å². The molecule has 5 nitrogen and oxygen atoms in total. The van der Waals surface area contributed by atoms with Gasteiger partial charge in [0.15, 0.2) is 0 Å². The average Bonchev–Trinajstić information content (AvgIpc) is 2.49. The third-order valence-electron chi connectivity index (χ3n) is 1.45. The van der Waals surface area contributed by atoms with Crippen LogP contribution in [0.5, 0.6) is 0 Å². The topological polar surface area (TPSA) is 76.2 Å². The number of aromatic nitrogens is 2. The number of alkyl halides is 5. The summed E-state index contributed by atoms with van der Waals surface area (Å²) in [5.41, 5.74) is 0. The molecule has 1 heterocycles. The van der Waals surface area contributed by atoms with E-state index in [0.29, 0.717) is 0 Å². The Hall–Kier alpha value is -1.74. The number of hydrogen-bond donors (Lipinski definition) is 1. The zero-order valence-electron chi connectivity index (χ0n) is 7.26. The number of nitrogens with zero attached hydrogens (tertiary/aromatic N) is 2. The van der Waals surface area contributed by atoms with Crippen molar-refractivity contribution in [2.24, 2.45) is 0 Å². The van der Waals surface area contributed by atoms with E-state index in [2.05, 4.69) is 14.7 Å². The number of rotatable bonds is 3. The highest BCUT2D eigenvalue weighted by Crippen LogP contribution is 2.37. The van der Waals surface area contributed by atoms with Crippen molar-refractivity contribution in [2.75, 3.05) is 0 Å². The minimum Gasteiger partial charge on any atom is -0.475 e. The van der Waals surface area contributed by atoms with Crippen LogP contribution >= 0.6 is 0 Å². The standard InChI is InChI=1S/C6H3F5N2O3/c7-5(8,6(9,10)11)1-2-12-3(4(14)15)13-16-2/h1H2,(H,14,15). The van der Waals surface area contributed by atoms with E-state index in [1.165, 1.54) is 0 Å². The highest BCUT2D eigenvalue weighted by Gasteiger charge is 2.58. The van der Waals surface area contributed by atoms with Crippen LogP contribution < -0.4 is 0 Å². The molecule has 0 aromatic carbocycles. The van der Waals surface area contributed by atoms with Gasteiger partial charge >= 0.3 is 18.1 Å². The van der Waals surface area contributed by atoms with Gasteiger partial charge in [-0.2, -0.15) is 26.9 Å². The Bertz CT molecular complexity index is 399. The summed E-state index contributed by atoms with van der Waals surface area (Å²) >= 11 is 0. The molecule has 0 amide bonds. The summed E-state index contributed by atoms with van der Waals surface area (Å²) in [7, 11) is 0. The van der Waals surface area contributed by atoms with Crippen molar-refractivity contribution in [1.29, 1.82) is 0 Å². The Kier molecular flexibility index (Phi) is 2.84. The third-order valence-corrected chi connectivity index (χ3v) is 1.45. The van der Waals surface area contributed by atoms with Crippen LogP contribution in [0.25, 0.3) is 0 Å². The van der Waals surface area contributed by atoms with Crippen LogP contribution in [0.1, 0.15) is 16.5 Å². The van der Waals surface area contributed by atoms with E-state index in [4.69, 9.17) is 5.11 Å². The van der Waals surface area contributed by atoms with Gasteiger partial charge in [-0.05, 0) is 5.16 Å². The maximum Gasteiger partial charge on any atom is 0.453 e. The lowest BCUT2D eigenvalue weighted by Crippen LogP contribution is -2.38. The van der Waals surface area contributed by atoms with Gasteiger partial charge in [-0.3, -0.25) is 0 Å². The lowest BCUT2D eigenvalue weighted by Gasteiger charge is -2.17. The van der Waals surface area contributed by atoms with Crippen molar-refractivity contribution < 1.29 is 36.4 Å². The minimum atomic E-state index is -5.76. The molecule has 0 radical (unpaired) electrons. The Morgan fingerprint density at radius 3 is 2.25 bits per heavy atom. The summed E-state index contributed by atoms with van der Waals surface area (Å²) in [5.74, 6) is -8.81. The molecule has 0 atom stereocenters. The molecular weight excluding hydrogens is 243 g/mol. The Labute approximate surface area is 83.9 Å².